The zero-order valence-corrected chi connectivity index (χ0v) is 15.9. The molecule has 0 saturated heterocycles. The van der Waals surface area contributed by atoms with Gasteiger partial charge in [0, 0.05) is 11.6 Å². The molecule has 1 unspecified atom stereocenters. The Morgan fingerprint density at radius 3 is 2.31 bits per heavy atom. The summed E-state index contributed by atoms with van der Waals surface area (Å²) in [7, 11) is 1.58. The van der Waals surface area contributed by atoms with Gasteiger partial charge < -0.3 is 20.7 Å². The van der Waals surface area contributed by atoms with Crippen molar-refractivity contribution in [1.82, 2.24) is 16.0 Å². The van der Waals surface area contributed by atoms with Crippen LogP contribution in [-0.2, 0) is 14.4 Å². The van der Waals surface area contributed by atoms with Crippen LogP contribution in [-0.4, -0.2) is 43.0 Å². The van der Waals surface area contributed by atoms with E-state index in [9.17, 15) is 14.4 Å². The molecule has 142 valence electrons. The molecule has 0 aliphatic rings. The summed E-state index contributed by atoms with van der Waals surface area (Å²) in [6.07, 6.45) is 2.98. The summed E-state index contributed by atoms with van der Waals surface area (Å²) in [5.41, 5.74) is 0.463. The van der Waals surface area contributed by atoms with E-state index < -0.39 is 17.9 Å². The lowest BCUT2D eigenvalue weighted by Crippen LogP contribution is -2.49. The largest absolute Gasteiger partial charge is 0.497 e. The van der Waals surface area contributed by atoms with E-state index in [0.29, 0.717) is 0 Å². The maximum absolute atomic E-state index is 11.9. The van der Waals surface area contributed by atoms with Gasteiger partial charge in [-0.05, 0) is 51.5 Å². The Morgan fingerprint density at radius 2 is 1.77 bits per heavy atom. The van der Waals surface area contributed by atoms with Crippen LogP contribution in [0.1, 0.15) is 33.3 Å². The maximum atomic E-state index is 11.9. The van der Waals surface area contributed by atoms with E-state index in [0.717, 1.165) is 11.3 Å². The first-order valence-corrected chi connectivity index (χ1v) is 8.32. The number of hydrogen-bond donors (Lipinski definition) is 3. The van der Waals surface area contributed by atoms with Gasteiger partial charge in [0.25, 0.3) is 0 Å². The minimum atomic E-state index is -0.759. The fraction of sp³-hybridized carbons (Fsp3) is 0.421. The van der Waals surface area contributed by atoms with Crippen LogP contribution in [0.3, 0.4) is 0 Å². The van der Waals surface area contributed by atoms with Crippen molar-refractivity contribution in [3.63, 3.8) is 0 Å². The summed E-state index contributed by atoms with van der Waals surface area (Å²) in [5.74, 6) is -0.390. The molecule has 1 atom stereocenters. The summed E-state index contributed by atoms with van der Waals surface area (Å²) in [4.78, 5) is 35.5. The average Bonchev–Trinajstić information content (AvgIpc) is 2.56. The van der Waals surface area contributed by atoms with Crippen LogP contribution in [0.4, 0.5) is 0 Å². The fourth-order valence-electron chi connectivity index (χ4n) is 2.00. The Kier molecular flexibility index (Phi) is 7.83. The minimum Gasteiger partial charge on any atom is -0.497 e. The number of hydrogen-bond acceptors (Lipinski definition) is 4. The van der Waals surface area contributed by atoms with Gasteiger partial charge in [0.05, 0.1) is 13.7 Å². The molecule has 0 radical (unpaired) electrons. The van der Waals surface area contributed by atoms with Crippen molar-refractivity contribution in [3.05, 3.63) is 35.9 Å². The van der Waals surface area contributed by atoms with Crippen molar-refractivity contribution in [1.29, 1.82) is 0 Å². The van der Waals surface area contributed by atoms with Crippen LogP contribution >= 0.6 is 0 Å². The van der Waals surface area contributed by atoms with Crippen LogP contribution in [0.2, 0.25) is 0 Å². The van der Waals surface area contributed by atoms with Crippen molar-refractivity contribution >= 4 is 23.8 Å². The summed E-state index contributed by atoms with van der Waals surface area (Å²) in [5, 5.41) is 7.78. The molecule has 0 spiro atoms. The first-order chi connectivity index (χ1) is 12.1. The highest BCUT2D eigenvalue weighted by atomic mass is 16.5. The number of ether oxygens (including phenoxy) is 1. The lowest BCUT2D eigenvalue weighted by atomic mass is 10.1. The van der Waals surface area contributed by atoms with Gasteiger partial charge >= 0.3 is 0 Å². The quantitative estimate of drug-likeness (QED) is 0.637. The van der Waals surface area contributed by atoms with Crippen LogP contribution < -0.4 is 20.7 Å². The molecule has 1 aromatic carbocycles. The molecular weight excluding hydrogens is 334 g/mol. The van der Waals surface area contributed by atoms with Gasteiger partial charge in [-0.1, -0.05) is 12.1 Å². The van der Waals surface area contributed by atoms with Gasteiger partial charge in [0.2, 0.25) is 17.7 Å². The van der Waals surface area contributed by atoms with E-state index in [1.54, 1.807) is 32.2 Å². The molecule has 1 rings (SSSR count). The normalized spacial score (nSPS) is 12.3. The van der Waals surface area contributed by atoms with Crippen molar-refractivity contribution in [2.24, 2.45) is 0 Å². The average molecular weight is 361 g/mol. The van der Waals surface area contributed by atoms with Crippen LogP contribution in [0, 0.1) is 0 Å². The third-order valence-corrected chi connectivity index (χ3v) is 3.23. The summed E-state index contributed by atoms with van der Waals surface area (Å²) >= 11 is 0. The SMILES string of the molecule is COc1ccc(/C=C/C(=O)NC(C)C(=O)NCC(=O)NC(C)(C)C)cc1. The Bertz CT molecular complexity index is 660. The van der Waals surface area contributed by atoms with Gasteiger partial charge in [-0.15, -0.1) is 0 Å². The van der Waals surface area contributed by atoms with Gasteiger partial charge in [0.15, 0.2) is 0 Å². The Labute approximate surface area is 154 Å². The number of benzene rings is 1. The lowest BCUT2D eigenvalue weighted by molar-refractivity contribution is -0.129. The maximum Gasteiger partial charge on any atom is 0.244 e. The summed E-state index contributed by atoms with van der Waals surface area (Å²) in [6, 6.07) is 6.44. The second-order valence-electron chi connectivity index (χ2n) is 6.85. The number of amides is 3. The van der Waals surface area contributed by atoms with Gasteiger partial charge in [-0.25, -0.2) is 0 Å². The van der Waals surface area contributed by atoms with Crippen LogP contribution in [0.15, 0.2) is 30.3 Å². The molecule has 3 N–H and O–H groups in total. The van der Waals surface area contributed by atoms with Gasteiger partial charge in [0.1, 0.15) is 11.8 Å². The Balaban J connectivity index is 2.43. The highest BCUT2D eigenvalue weighted by Gasteiger charge is 2.17. The van der Waals surface area contributed by atoms with E-state index >= 15 is 0 Å². The molecule has 26 heavy (non-hydrogen) atoms. The number of carbonyl (C=O) groups is 3. The van der Waals surface area contributed by atoms with Crippen molar-refractivity contribution in [2.45, 2.75) is 39.3 Å². The molecule has 1 aromatic rings. The van der Waals surface area contributed by atoms with Crippen LogP contribution in [0.5, 0.6) is 5.75 Å². The Hall–Kier alpha value is -2.83. The molecule has 7 heteroatoms. The minimum absolute atomic E-state index is 0.141. The molecule has 0 saturated carbocycles. The molecule has 0 bridgehead atoms. The molecular formula is C19H27N3O4. The molecule has 0 aliphatic heterocycles. The molecule has 0 aromatic heterocycles. The molecule has 3 amide bonds. The Morgan fingerprint density at radius 1 is 1.15 bits per heavy atom. The highest BCUT2D eigenvalue weighted by molar-refractivity contribution is 5.96. The smallest absolute Gasteiger partial charge is 0.244 e. The standard InChI is InChI=1S/C19H27N3O4/c1-13(18(25)20-12-17(24)22-19(2,3)4)21-16(23)11-8-14-6-9-15(26-5)10-7-14/h6-11,13H,12H2,1-5H3,(H,20,25)(H,21,23)(H,22,24)/b11-8+. The summed E-state index contributed by atoms with van der Waals surface area (Å²) < 4.78 is 5.06. The predicted octanol–water partition coefficient (Wildman–Crippen LogP) is 1.24. The third kappa shape index (κ3) is 8.32. The highest BCUT2D eigenvalue weighted by Crippen LogP contribution is 2.12. The number of methoxy groups -OCH3 is 1. The fourth-order valence-corrected chi connectivity index (χ4v) is 2.00. The number of carbonyl (C=O) groups excluding carboxylic acids is 3. The zero-order chi connectivity index (χ0) is 19.7. The summed E-state index contributed by atoms with van der Waals surface area (Å²) in [6.45, 7) is 6.97. The van der Waals surface area contributed by atoms with Crippen molar-refractivity contribution in [2.75, 3.05) is 13.7 Å². The zero-order valence-electron chi connectivity index (χ0n) is 15.9. The first kappa shape index (κ1) is 21.2. The lowest BCUT2D eigenvalue weighted by Gasteiger charge is -2.21. The second-order valence-corrected chi connectivity index (χ2v) is 6.85. The number of rotatable bonds is 7. The number of nitrogens with one attached hydrogen (secondary N) is 3. The molecule has 0 fully saturated rings. The van der Waals surface area contributed by atoms with Crippen molar-refractivity contribution in [3.8, 4) is 5.75 Å². The topological polar surface area (TPSA) is 96.5 Å². The monoisotopic (exact) mass is 361 g/mol. The molecule has 0 heterocycles. The van der Waals surface area contributed by atoms with Crippen LogP contribution in [0.25, 0.3) is 6.08 Å². The van der Waals surface area contributed by atoms with E-state index in [2.05, 4.69) is 16.0 Å². The second kappa shape index (κ2) is 9.60. The van der Waals surface area contributed by atoms with E-state index in [1.807, 2.05) is 32.9 Å². The molecule has 0 aliphatic carbocycles. The van der Waals surface area contributed by atoms with E-state index in [4.69, 9.17) is 4.74 Å². The van der Waals surface area contributed by atoms with Gasteiger partial charge in [-0.2, -0.15) is 0 Å². The van der Waals surface area contributed by atoms with Crippen molar-refractivity contribution < 1.29 is 19.1 Å². The van der Waals surface area contributed by atoms with Gasteiger partial charge in [-0.3, -0.25) is 14.4 Å². The molecule has 7 nitrogen and oxygen atoms in total. The van der Waals surface area contributed by atoms with E-state index in [-0.39, 0.29) is 18.0 Å². The predicted molar refractivity (Wildman–Crippen MR) is 101 cm³/mol. The van der Waals surface area contributed by atoms with E-state index in [1.165, 1.54) is 6.08 Å². The third-order valence-electron chi connectivity index (χ3n) is 3.23. The first-order valence-electron chi connectivity index (χ1n) is 8.32.